The molecule has 1 aliphatic rings. The van der Waals surface area contributed by atoms with Crippen LogP contribution in [0.25, 0.3) is 0 Å². The van der Waals surface area contributed by atoms with Crippen LogP contribution in [-0.2, 0) is 6.42 Å². The first-order chi connectivity index (χ1) is 9.09. The Labute approximate surface area is 117 Å². The van der Waals surface area contributed by atoms with Crippen molar-refractivity contribution in [3.63, 3.8) is 0 Å². The van der Waals surface area contributed by atoms with Crippen LogP contribution in [0.5, 0.6) is 0 Å². The smallest absolute Gasteiger partial charge is 0.0697 e. The van der Waals surface area contributed by atoms with Gasteiger partial charge in [0.25, 0.3) is 0 Å². The minimum Gasteiger partial charge on any atom is -0.302 e. The van der Waals surface area contributed by atoms with E-state index in [-0.39, 0.29) is 5.41 Å². The molecule has 2 heteroatoms. The van der Waals surface area contributed by atoms with Crippen LogP contribution in [0.3, 0.4) is 0 Å². The molecule has 0 radical (unpaired) electrons. The predicted molar refractivity (Wildman–Crippen MR) is 78.7 cm³/mol. The number of piperidine rings is 1. The van der Waals surface area contributed by atoms with Gasteiger partial charge >= 0.3 is 0 Å². The molecule has 1 fully saturated rings. The first kappa shape index (κ1) is 14.1. The quantitative estimate of drug-likeness (QED) is 0.824. The van der Waals surface area contributed by atoms with E-state index in [0.717, 1.165) is 25.6 Å². The highest BCUT2D eigenvalue weighted by Crippen LogP contribution is 2.24. The average molecular weight is 256 g/mol. The molecule has 0 saturated carbocycles. The van der Waals surface area contributed by atoms with Gasteiger partial charge in [0.2, 0.25) is 0 Å². The second-order valence-corrected chi connectivity index (χ2v) is 6.40. The normalized spacial score (nSPS) is 18.2. The summed E-state index contributed by atoms with van der Waals surface area (Å²) in [7, 11) is 0. The van der Waals surface area contributed by atoms with Crippen molar-refractivity contribution in [2.24, 2.45) is 11.3 Å². The summed E-state index contributed by atoms with van der Waals surface area (Å²) in [5.41, 5.74) is 1.24. The molecule has 0 aromatic heterocycles. The molecule has 19 heavy (non-hydrogen) atoms. The molecule has 0 N–H and O–H groups in total. The molecular weight excluding hydrogens is 232 g/mol. The van der Waals surface area contributed by atoms with Crippen LogP contribution in [0.2, 0.25) is 0 Å². The molecule has 2 rings (SSSR count). The monoisotopic (exact) mass is 256 g/mol. The maximum Gasteiger partial charge on any atom is 0.0697 e. The van der Waals surface area contributed by atoms with Gasteiger partial charge in [-0.2, -0.15) is 5.26 Å². The molecule has 0 aliphatic carbocycles. The minimum atomic E-state index is -0.216. The molecule has 0 bridgehead atoms. The Morgan fingerprint density at radius 1 is 1.21 bits per heavy atom. The van der Waals surface area contributed by atoms with Crippen LogP contribution in [0, 0.1) is 22.7 Å². The minimum absolute atomic E-state index is 0.216. The lowest BCUT2D eigenvalue weighted by atomic mass is 9.88. The highest BCUT2D eigenvalue weighted by molar-refractivity contribution is 5.15. The standard InChI is InChI=1S/C17H24N2/c1-17(2,13-18)14-19-10-8-16(9-11-19)12-15-6-4-3-5-7-15/h3-7,16H,8-12,14H2,1-2H3. The molecule has 1 saturated heterocycles. The van der Waals surface area contributed by atoms with E-state index in [4.69, 9.17) is 5.26 Å². The number of hydrogen-bond acceptors (Lipinski definition) is 2. The number of nitriles is 1. The highest BCUT2D eigenvalue weighted by atomic mass is 15.1. The van der Waals surface area contributed by atoms with E-state index in [1.807, 2.05) is 13.8 Å². The molecule has 2 nitrogen and oxygen atoms in total. The Kier molecular flexibility index (Phi) is 4.61. The molecule has 1 aromatic rings. The number of rotatable bonds is 4. The Morgan fingerprint density at radius 2 is 1.84 bits per heavy atom. The van der Waals surface area contributed by atoms with Crippen LogP contribution in [-0.4, -0.2) is 24.5 Å². The zero-order valence-electron chi connectivity index (χ0n) is 12.1. The van der Waals surface area contributed by atoms with Crippen molar-refractivity contribution >= 4 is 0 Å². The van der Waals surface area contributed by atoms with Gasteiger partial charge in [-0.15, -0.1) is 0 Å². The predicted octanol–water partition coefficient (Wildman–Crippen LogP) is 3.49. The number of nitrogens with zero attached hydrogens (tertiary/aromatic N) is 2. The van der Waals surface area contributed by atoms with Crippen molar-refractivity contribution in [1.82, 2.24) is 4.90 Å². The summed E-state index contributed by atoms with van der Waals surface area (Å²) in [6, 6.07) is 13.2. The third kappa shape index (κ3) is 4.36. The summed E-state index contributed by atoms with van der Waals surface area (Å²) in [4.78, 5) is 2.45. The fourth-order valence-corrected chi connectivity index (χ4v) is 2.89. The molecule has 1 aliphatic heterocycles. The van der Waals surface area contributed by atoms with E-state index in [9.17, 15) is 0 Å². The van der Waals surface area contributed by atoms with Gasteiger partial charge in [0.1, 0.15) is 0 Å². The van der Waals surface area contributed by atoms with Gasteiger partial charge in [0, 0.05) is 6.54 Å². The Hall–Kier alpha value is -1.33. The summed E-state index contributed by atoms with van der Waals surface area (Å²) in [5, 5.41) is 9.09. The van der Waals surface area contributed by atoms with Crippen LogP contribution in [0.1, 0.15) is 32.3 Å². The van der Waals surface area contributed by atoms with Crippen LogP contribution >= 0.6 is 0 Å². The van der Waals surface area contributed by atoms with Crippen LogP contribution < -0.4 is 0 Å². The first-order valence-corrected chi connectivity index (χ1v) is 7.26. The van der Waals surface area contributed by atoms with Gasteiger partial charge in [-0.05, 0) is 57.7 Å². The topological polar surface area (TPSA) is 27.0 Å². The maximum atomic E-state index is 9.09. The lowest BCUT2D eigenvalue weighted by Gasteiger charge is -2.35. The maximum absolute atomic E-state index is 9.09. The molecular formula is C17H24N2. The lowest BCUT2D eigenvalue weighted by molar-refractivity contribution is 0.150. The van der Waals surface area contributed by atoms with E-state index in [0.29, 0.717) is 0 Å². The summed E-state index contributed by atoms with van der Waals surface area (Å²) >= 11 is 0. The van der Waals surface area contributed by atoms with Crippen molar-refractivity contribution in [2.45, 2.75) is 33.1 Å². The fourth-order valence-electron chi connectivity index (χ4n) is 2.89. The number of hydrogen-bond donors (Lipinski definition) is 0. The van der Waals surface area contributed by atoms with E-state index in [2.05, 4.69) is 41.3 Å². The van der Waals surface area contributed by atoms with E-state index in [1.165, 1.54) is 24.8 Å². The Balaban J connectivity index is 1.79. The molecule has 102 valence electrons. The van der Waals surface area contributed by atoms with Crippen molar-refractivity contribution in [3.05, 3.63) is 35.9 Å². The summed E-state index contributed by atoms with van der Waals surface area (Å²) in [5.74, 6) is 0.809. The van der Waals surface area contributed by atoms with Crippen LogP contribution in [0.15, 0.2) is 30.3 Å². The Bertz CT molecular complexity index is 422. The summed E-state index contributed by atoms with van der Waals surface area (Å²) < 4.78 is 0. The highest BCUT2D eigenvalue weighted by Gasteiger charge is 2.25. The Morgan fingerprint density at radius 3 is 2.42 bits per heavy atom. The van der Waals surface area contributed by atoms with Gasteiger partial charge in [0.15, 0.2) is 0 Å². The van der Waals surface area contributed by atoms with Crippen molar-refractivity contribution in [1.29, 1.82) is 5.26 Å². The largest absolute Gasteiger partial charge is 0.302 e. The van der Waals surface area contributed by atoms with Gasteiger partial charge < -0.3 is 4.90 Å². The third-order valence-corrected chi connectivity index (χ3v) is 4.00. The second kappa shape index (κ2) is 6.21. The van der Waals surface area contributed by atoms with Crippen LogP contribution in [0.4, 0.5) is 0 Å². The fraction of sp³-hybridized carbons (Fsp3) is 0.588. The van der Waals surface area contributed by atoms with E-state index >= 15 is 0 Å². The number of benzene rings is 1. The lowest BCUT2D eigenvalue weighted by Crippen LogP contribution is -2.39. The van der Waals surface area contributed by atoms with E-state index < -0.39 is 0 Å². The molecule has 0 spiro atoms. The molecule has 0 atom stereocenters. The van der Waals surface area contributed by atoms with Gasteiger partial charge in [-0.1, -0.05) is 30.3 Å². The van der Waals surface area contributed by atoms with Gasteiger partial charge in [0.05, 0.1) is 11.5 Å². The number of likely N-dealkylation sites (tertiary alicyclic amines) is 1. The first-order valence-electron chi connectivity index (χ1n) is 7.26. The second-order valence-electron chi connectivity index (χ2n) is 6.40. The van der Waals surface area contributed by atoms with Crippen molar-refractivity contribution in [3.8, 4) is 6.07 Å². The molecule has 0 amide bonds. The van der Waals surface area contributed by atoms with E-state index in [1.54, 1.807) is 0 Å². The van der Waals surface area contributed by atoms with Gasteiger partial charge in [-0.25, -0.2) is 0 Å². The summed E-state index contributed by atoms with van der Waals surface area (Å²) in [6.45, 7) is 7.25. The summed E-state index contributed by atoms with van der Waals surface area (Å²) in [6.07, 6.45) is 3.73. The molecule has 1 aromatic carbocycles. The molecule has 0 unspecified atom stereocenters. The molecule has 1 heterocycles. The average Bonchev–Trinajstić information content (AvgIpc) is 2.42. The zero-order valence-corrected chi connectivity index (χ0v) is 12.1. The third-order valence-electron chi connectivity index (χ3n) is 4.00. The zero-order chi connectivity index (χ0) is 13.7. The van der Waals surface area contributed by atoms with Gasteiger partial charge in [-0.3, -0.25) is 0 Å². The van der Waals surface area contributed by atoms with Crippen molar-refractivity contribution in [2.75, 3.05) is 19.6 Å². The SMILES string of the molecule is CC(C)(C#N)CN1CCC(Cc2ccccc2)CC1. The van der Waals surface area contributed by atoms with Crippen molar-refractivity contribution < 1.29 is 0 Å².